The predicted octanol–water partition coefficient (Wildman–Crippen LogP) is 0.673. The second-order valence-electron chi connectivity index (χ2n) is 7.25. The Bertz CT molecular complexity index is 470. The summed E-state index contributed by atoms with van der Waals surface area (Å²) in [6.45, 7) is 3.28. The van der Waals surface area contributed by atoms with Gasteiger partial charge < -0.3 is 14.8 Å². The molecule has 2 aliphatic heterocycles. The van der Waals surface area contributed by atoms with Crippen LogP contribution in [0, 0.1) is 5.92 Å². The molecule has 0 bridgehead atoms. The van der Waals surface area contributed by atoms with Crippen LogP contribution in [-0.2, 0) is 19.3 Å². The Hall–Kier alpha value is -0.210. The van der Waals surface area contributed by atoms with Crippen molar-refractivity contribution in [2.45, 2.75) is 62.1 Å². The second-order valence-corrected chi connectivity index (χ2v) is 9.58. The first-order valence-corrected chi connectivity index (χ1v) is 10.9. The standard InChI is InChI=1S/C16H30N2O4S/c1-23(19,20)14-6-4-12(5-7-14)15-9-17-10-16(18-15)22-11-13-3-2-8-21-13/h12-18H,2-11H2,1H3/t12?,13-,14?,15?,16?/m1/s1. The molecule has 3 atom stereocenters. The molecule has 0 aromatic rings. The fraction of sp³-hybridized carbons (Fsp3) is 1.00. The third kappa shape index (κ3) is 4.89. The van der Waals surface area contributed by atoms with Gasteiger partial charge >= 0.3 is 0 Å². The molecular formula is C16H30N2O4S. The quantitative estimate of drug-likeness (QED) is 0.762. The summed E-state index contributed by atoms with van der Waals surface area (Å²) in [5.41, 5.74) is 0. The van der Waals surface area contributed by atoms with Crippen molar-refractivity contribution in [3.05, 3.63) is 0 Å². The third-order valence-corrected chi connectivity index (χ3v) is 7.18. The van der Waals surface area contributed by atoms with E-state index in [-0.39, 0.29) is 17.6 Å². The molecule has 2 unspecified atom stereocenters. The molecule has 1 aliphatic carbocycles. The lowest BCUT2D eigenvalue weighted by atomic mass is 9.83. The van der Waals surface area contributed by atoms with Gasteiger partial charge in [0, 0.05) is 32.0 Å². The summed E-state index contributed by atoms with van der Waals surface area (Å²) in [6.07, 6.45) is 7.44. The average molecular weight is 346 g/mol. The van der Waals surface area contributed by atoms with E-state index in [0.717, 1.165) is 58.2 Å². The van der Waals surface area contributed by atoms with E-state index in [0.29, 0.717) is 18.6 Å². The van der Waals surface area contributed by atoms with Crippen molar-refractivity contribution in [1.82, 2.24) is 10.6 Å². The zero-order valence-electron chi connectivity index (χ0n) is 14.0. The number of rotatable bonds is 5. The van der Waals surface area contributed by atoms with Gasteiger partial charge in [0.25, 0.3) is 0 Å². The zero-order chi connectivity index (χ0) is 16.3. The minimum atomic E-state index is -2.88. The molecule has 0 spiro atoms. The number of hydrogen-bond acceptors (Lipinski definition) is 6. The van der Waals surface area contributed by atoms with E-state index >= 15 is 0 Å². The highest BCUT2D eigenvalue weighted by Crippen LogP contribution is 2.31. The van der Waals surface area contributed by atoms with Crippen LogP contribution in [0.1, 0.15) is 38.5 Å². The maximum absolute atomic E-state index is 11.7. The van der Waals surface area contributed by atoms with Gasteiger partial charge in [0.15, 0.2) is 0 Å². The fourth-order valence-corrected chi connectivity index (χ4v) is 5.18. The average Bonchev–Trinajstić information content (AvgIpc) is 3.06. The molecule has 7 heteroatoms. The van der Waals surface area contributed by atoms with Crippen LogP contribution in [0.4, 0.5) is 0 Å². The van der Waals surface area contributed by atoms with Crippen LogP contribution >= 0.6 is 0 Å². The Morgan fingerprint density at radius 1 is 1.13 bits per heavy atom. The van der Waals surface area contributed by atoms with Crippen LogP contribution in [0.2, 0.25) is 0 Å². The van der Waals surface area contributed by atoms with Gasteiger partial charge in [-0.3, -0.25) is 5.32 Å². The Labute approximate surface area is 139 Å². The Morgan fingerprint density at radius 3 is 2.57 bits per heavy atom. The molecule has 2 N–H and O–H groups in total. The molecule has 0 aromatic carbocycles. The lowest BCUT2D eigenvalue weighted by Crippen LogP contribution is -2.59. The van der Waals surface area contributed by atoms with Crippen LogP contribution in [-0.4, -0.2) is 64.6 Å². The molecule has 3 rings (SSSR count). The van der Waals surface area contributed by atoms with Gasteiger partial charge in [-0.2, -0.15) is 0 Å². The van der Waals surface area contributed by atoms with E-state index in [2.05, 4.69) is 10.6 Å². The molecule has 23 heavy (non-hydrogen) atoms. The maximum atomic E-state index is 11.7. The maximum Gasteiger partial charge on any atom is 0.150 e. The molecule has 134 valence electrons. The fourth-order valence-electron chi connectivity index (χ4n) is 4.05. The van der Waals surface area contributed by atoms with Gasteiger partial charge in [0.2, 0.25) is 0 Å². The van der Waals surface area contributed by atoms with Crippen molar-refractivity contribution in [3.63, 3.8) is 0 Å². The van der Waals surface area contributed by atoms with Gasteiger partial charge in [-0.1, -0.05) is 0 Å². The third-order valence-electron chi connectivity index (χ3n) is 5.49. The highest BCUT2D eigenvalue weighted by Gasteiger charge is 2.34. The predicted molar refractivity (Wildman–Crippen MR) is 89.1 cm³/mol. The molecule has 2 saturated heterocycles. The van der Waals surface area contributed by atoms with E-state index < -0.39 is 9.84 Å². The van der Waals surface area contributed by atoms with Gasteiger partial charge in [-0.05, 0) is 44.4 Å². The molecule has 3 aliphatic rings. The topological polar surface area (TPSA) is 76.7 Å². The SMILES string of the molecule is CS(=O)(=O)C1CCC(C2CNCC(OC[C@H]3CCCO3)N2)CC1. The summed E-state index contributed by atoms with van der Waals surface area (Å²) in [6, 6.07) is 0.374. The van der Waals surface area contributed by atoms with Crippen molar-refractivity contribution in [1.29, 1.82) is 0 Å². The minimum absolute atomic E-state index is 0.0329. The molecule has 1 saturated carbocycles. The largest absolute Gasteiger partial charge is 0.376 e. The summed E-state index contributed by atoms with van der Waals surface area (Å²) >= 11 is 0. The first-order valence-electron chi connectivity index (χ1n) is 8.91. The minimum Gasteiger partial charge on any atom is -0.376 e. The number of piperazine rings is 1. The smallest absolute Gasteiger partial charge is 0.150 e. The summed E-state index contributed by atoms with van der Waals surface area (Å²) in [5, 5.41) is 6.93. The number of sulfone groups is 1. The molecule has 2 heterocycles. The van der Waals surface area contributed by atoms with Crippen molar-refractivity contribution < 1.29 is 17.9 Å². The lowest BCUT2D eigenvalue weighted by molar-refractivity contribution is -0.0479. The van der Waals surface area contributed by atoms with E-state index in [1.54, 1.807) is 0 Å². The summed E-state index contributed by atoms with van der Waals surface area (Å²) < 4.78 is 34.9. The summed E-state index contributed by atoms with van der Waals surface area (Å²) in [7, 11) is -2.88. The molecule has 3 fully saturated rings. The Kier molecular flexibility index (Phi) is 5.96. The highest BCUT2D eigenvalue weighted by atomic mass is 32.2. The summed E-state index contributed by atoms with van der Waals surface area (Å²) in [4.78, 5) is 0. The van der Waals surface area contributed by atoms with Gasteiger partial charge in [-0.15, -0.1) is 0 Å². The van der Waals surface area contributed by atoms with Crippen LogP contribution in [0.5, 0.6) is 0 Å². The van der Waals surface area contributed by atoms with E-state index in [9.17, 15) is 8.42 Å². The second kappa shape index (κ2) is 7.78. The first-order chi connectivity index (χ1) is 11.0. The first kappa shape index (κ1) is 17.6. The lowest BCUT2D eigenvalue weighted by Gasteiger charge is -2.39. The normalized spacial score (nSPS) is 39.4. The van der Waals surface area contributed by atoms with Crippen molar-refractivity contribution in [3.8, 4) is 0 Å². The Morgan fingerprint density at radius 2 is 1.91 bits per heavy atom. The summed E-state index contributed by atoms with van der Waals surface area (Å²) in [5.74, 6) is 0.537. The number of hydrogen-bond donors (Lipinski definition) is 2. The number of ether oxygens (including phenoxy) is 2. The van der Waals surface area contributed by atoms with E-state index in [1.165, 1.54) is 6.26 Å². The monoisotopic (exact) mass is 346 g/mol. The van der Waals surface area contributed by atoms with Crippen molar-refractivity contribution >= 4 is 9.84 Å². The Balaban J connectivity index is 1.43. The van der Waals surface area contributed by atoms with Gasteiger partial charge in [0.05, 0.1) is 18.0 Å². The highest BCUT2D eigenvalue weighted by molar-refractivity contribution is 7.91. The van der Waals surface area contributed by atoms with Gasteiger partial charge in [-0.25, -0.2) is 8.42 Å². The van der Waals surface area contributed by atoms with Crippen LogP contribution in [0.25, 0.3) is 0 Å². The van der Waals surface area contributed by atoms with Crippen LogP contribution in [0.15, 0.2) is 0 Å². The van der Waals surface area contributed by atoms with Crippen molar-refractivity contribution in [2.75, 3.05) is 32.6 Å². The van der Waals surface area contributed by atoms with Gasteiger partial charge in [0.1, 0.15) is 16.1 Å². The molecule has 6 nitrogen and oxygen atoms in total. The van der Waals surface area contributed by atoms with Crippen LogP contribution in [0.3, 0.4) is 0 Å². The van der Waals surface area contributed by atoms with Crippen molar-refractivity contribution in [2.24, 2.45) is 5.92 Å². The number of nitrogens with one attached hydrogen (secondary N) is 2. The van der Waals surface area contributed by atoms with E-state index in [1.807, 2.05) is 0 Å². The van der Waals surface area contributed by atoms with Crippen LogP contribution < -0.4 is 10.6 Å². The molecule has 0 radical (unpaired) electrons. The molecular weight excluding hydrogens is 316 g/mol. The molecule has 0 aromatic heterocycles. The zero-order valence-corrected chi connectivity index (χ0v) is 14.8. The molecule has 0 amide bonds. The van der Waals surface area contributed by atoms with E-state index in [4.69, 9.17) is 9.47 Å².